The van der Waals surface area contributed by atoms with Crippen LogP contribution in [-0.4, -0.2) is 48.5 Å². The molecule has 1 aliphatic rings. The average molecular weight is 383 g/mol. The van der Waals surface area contributed by atoms with Gasteiger partial charge in [-0.1, -0.05) is 6.07 Å². The van der Waals surface area contributed by atoms with Crippen molar-refractivity contribution in [2.24, 2.45) is 0 Å². The van der Waals surface area contributed by atoms with Gasteiger partial charge in [-0.15, -0.1) is 0 Å². The van der Waals surface area contributed by atoms with Gasteiger partial charge >= 0.3 is 0 Å². The van der Waals surface area contributed by atoms with E-state index in [0.29, 0.717) is 29.7 Å². The molecule has 7 heteroatoms. The summed E-state index contributed by atoms with van der Waals surface area (Å²) < 4.78 is 16.4. The Hall–Kier alpha value is -3.03. The van der Waals surface area contributed by atoms with Crippen LogP contribution in [0, 0.1) is 0 Å². The molecule has 1 aromatic heterocycles. The molecule has 146 valence electrons. The van der Waals surface area contributed by atoms with Crippen molar-refractivity contribution in [1.82, 2.24) is 4.90 Å². The normalized spacial score (nSPS) is 15.0. The SMILES string of the molecule is COc1cc(-c2oc3cc(CN4CCOCC4)ccc3c(=O)c2O)ccc1O. The number of rotatable bonds is 4. The van der Waals surface area contributed by atoms with Crippen LogP contribution in [0.15, 0.2) is 45.6 Å². The number of hydrogen-bond acceptors (Lipinski definition) is 7. The number of hydrogen-bond donors (Lipinski definition) is 2. The van der Waals surface area contributed by atoms with E-state index in [1.165, 1.54) is 19.2 Å². The third kappa shape index (κ3) is 3.42. The maximum absolute atomic E-state index is 12.6. The van der Waals surface area contributed by atoms with Gasteiger partial charge in [0.2, 0.25) is 11.2 Å². The van der Waals surface area contributed by atoms with E-state index < -0.39 is 11.2 Å². The summed E-state index contributed by atoms with van der Waals surface area (Å²) in [5.74, 6) is -0.247. The van der Waals surface area contributed by atoms with Crippen molar-refractivity contribution in [1.29, 1.82) is 0 Å². The van der Waals surface area contributed by atoms with Gasteiger partial charge in [-0.2, -0.15) is 0 Å². The number of methoxy groups -OCH3 is 1. The second kappa shape index (κ2) is 7.53. The second-order valence-electron chi connectivity index (χ2n) is 6.71. The number of benzene rings is 2. The van der Waals surface area contributed by atoms with Crippen molar-refractivity contribution in [3.05, 3.63) is 52.2 Å². The molecule has 1 aliphatic heterocycles. The Morgan fingerprint density at radius 2 is 1.89 bits per heavy atom. The molecule has 2 N–H and O–H groups in total. The third-order valence-electron chi connectivity index (χ3n) is 4.88. The summed E-state index contributed by atoms with van der Waals surface area (Å²) >= 11 is 0. The van der Waals surface area contributed by atoms with Crippen LogP contribution in [0.2, 0.25) is 0 Å². The van der Waals surface area contributed by atoms with Crippen molar-refractivity contribution < 1.29 is 24.1 Å². The van der Waals surface area contributed by atoms with Gasteiger partial charge in [0.05, 0.1) is 25.7 Å². The Morgan fingerprint density at radius 3 is 2.64 bits per heavy atom. The van der Waals surface area contributed by atoms with E-state index in [4.69, 9.17) is 13.9 Å². The second-order valence-corrected chi connectivity index (χ2v) is 6.71. The van der Waals surface area contributed by atoms with Gasteiger partial charge in [-0.05, 0) is 35.9 Å². The number of morpholine rings is 1. The van der Waals surface area contributed by atoms with E-state index in [-0.39, 0.29) is 17.3 Å². The first-order valence-electron chi connectivity index (χ1n) is 9.03. The van der Waals surface area contributed by atoms with E-state index in [1.807, 2.05) is 12.1 Å². The van der Waals surface area contributed by atoms with Crippen LogP contribution in [0.5, 0.6) is 17.2 Å². The number of phenols is 1. The summed E-state index contributed by atoms with van der Waals surface area (Å²) in [5.41, 5.74) is 1.35. The van der Waals surface area contributed by atoms with Crippen LogP contribution in [0.25, 0.3) is 22.3 Å². The fourth-order valence-electron chi connectivity index (χ4n) is 3.36. The van der Waals surface area contributed by atoms with Gasteiger partial charge in [0.15, 0.2) is 17.3 Å². The third-order valence-corrected chi connectivity index (χ3v) is 4.88. The summed E-state index contributed by atoms with van der Waals surface area (Å²) in [7, 11) is 1.42. The molecule has 7 nitrogen and oxygen atoms in total. The van der Waals surface area contributed by atoms with Crippen LogP contribution in [0.4, 0.5) is 0 Å². The quantitative estimate of drug-likeness (QED) is 0.716. The fraction of sp³-hybridized carbons (Fsp3) is 0.286. The summed E-state index contributed by atoms with van der Waals surface area (Å²) in [6.07, 6.45) is 0. The highest BCUT2D eigenvalue weighted by molar-refractivity contribution is 5.82. The highest BCUT2D eigenvalue weighted by Gasteiger charge is 2.18. The van der Waals surface area contributed by atoms with Crippen molar-refractivity contribution in [2.75, 3.05) is 33.4 Å². The molecule has 0 atom stereocenters. The first-order chi connectivity index (χ1) is 13.6. The highest BCUT2D eigenvalue weighted by Crippen LogP contribution is 2.35. The minimum absolute atomic E-state index is 0.0401. The average Bonchev–Trinajstić information content (AvgIpc) is 2.72. The number of aromatic hydroxyl groups is 2. The minimum atomic E-state index is -0.499. The largest absolute Gasteiger partial charge is 0.504 e. The number of phenolic OH excluding ortho intramolecular Hbond substituents is 1. The lowest BCUT2D eigenvalue weighted by molar-refractivity contribution is 0.0342. The van der Waals surface area contributed by atoms with E-state index in [2.05, 4.69) is 4.90 Å². The van der Waals surface area contributed by atoms with Crippen molar-refractivity contribution in [3.63, 3.8) is 0 Å². The lowest BCUT2D eigenvalue weighted by Crippen LogP contribution is -2.35. The molecule has 0 aliphatic carbocycles. The fourth-order valence-corrected chi connectivity index (χ4v) is 3.36. The first kappa shape index (κ1) is 18.3. The van der Waals surface area contributed by atoms with Crippen LogP contribution in [0.3, 0.4) is 0 Å². The maximum atomic E-state index is 12.6. The van der Waals surface area contributed by atoms with Crippen molar-refractivity contribution >= 4 is 11.0 Å². The van der Waals surface area contributed by atoms with Crippen LogP contribution in [-0.2, 0) is 11.3 Å². The van der Waals surface area contributed by atoms with Crippen LogP contribution < -0.4 is 10.2 Å². The summed E-state index contributed by atoms with van der Waals surface area (Å²) in [4.78, 5) is 14.9. The molecule has 1 fully saturated rings. The predicted octanol–water partition coefficient (Wildman–Crippen LogP) is 2.71. The molecular formula is C21H21NO6. The Labute approximate surface area is 161 Å². The molecule has 0 unspecified atom stereocenters. The van der Waals surface area contributed by atoms with Crippen LogP contribution >= 0.6 is 0 Å². The lowest BCUT2D eigenvalue weighted by atomic mass is 10.1. The Kier molecular flexibility index (Phi) is 4.93. The van der Waals surface area contributed by atoms with Gasteiger partial charge in [0.25, 0.3) is 0 Å². The van der Waals surface area contributed by atoms with Crippen LogP contribution in [0.1, 0.15) is 5.56 Å². The van der Waals surface area contributed by atoms with E-state index in [9.17, 15) is 15.0 Å². The number of fused-ring (bicyclic) bond motifs is 1. The lowest BCUT2D eigenvalue weighted by Gasteiger charge is -2.26. The predicted molar refractivity (Wildman–Crippen MR) is 104 cm³/mol. The molecule has 3 aromatic rings. The number of ether oxygens (including phenoxy) is 2. The first-order valence-corrected chi connectivity index (χ1v) is 9.03. The maximum Gasteiger partial charge on any atom is 0.235 e. The van der Waals surface area contributed by atoms with E-state index in [0.717, 1.165) is 25.2 Å². The Balaban J connectivity index is 1.77. The van der Waals surface area contributed by atoms with Crippen molar-refractivity contribution in [3.8, 4) is 28.6 Å². The Morgan fingerprint density at radius 1 is 1.11 bits per heavy atom. The van der Waals surface area contributed by atoms with Gasteiger partial charge < -0.3 is 24.1 Å². The van der Waals surface area contributed by atoms with Crippen molar-refractivity contribution in [2.45, 2.75) is 6.54 Å². The Bertz CT molecular complexity index is 1070. The highest BCUT2D eigenvalue weighted by atomic mass is 16.5. The molecule has 0 saturated carbocycles. The van der Waals surface area contributed by atoms with E-state index >= 15 is 0 Å². The molecule has 4 rings (SSSR count). The minimum Gasteiger partial charge on any atom is -0.504 e. The monoisotopic (exact) mass is 383 g/mol. The smallest absolute Gasteiger partial charge is 0.235 e. The van der Waals surface area contributed by atoms with Gasteiger partial charge in [-0.25, -0.2) is 0 Å². The molecule has 2 heterocycles. The summed E-state index contributed by atoms with van der Waals surface area (Å²) in [6, 6.07) is 9.87. The molecule has 2 aromatic carbocycles. The zero-order chi connectivity index (χ0) is 19.7. The molecular weight excluding hydrogens is 362 g/mol. The van der Waals surface area contributed by atoms with Gasteiger partial charge in [0, 0.05) is 25.2 Å². The zero-order valence-corrected chi connectivity index (χ0v) is 15.5. The van der Waals surface area contributed by atoms with E-state index in [1.54, 1.807) is 12.1 Å². The standard InChI is InChI=1S/C21H21NO6/c1-26-18-11-14(3-5-16(18)23)21-20(25)19(24)15-4-2-13(10-17(15)28-21)12-22-6-8-27-9-7-22/h2-5,10-11,23,25H,6-9,12H2,1H3. The van der Waals surface area contributed by atoms with Gasteiger partial charge in [-0.3, -0.25) is 9.69 Å². The topological polar surface area (TPSA) is 92.4 Å². The molecule has 0 radical (unpaired) electrons. The molecule has 0 bridgehead atoms. The van der Waals surface area contributed by atoms with Gasteiger partial charge in [0.1, 0.15) is 5.58 Å². The zero-order valence-electron chi connectivity index (χ0n) is 15.5. The number of nitrogens with zero attached hydrogens (tertiary/aromatic N) is 1. The molecule has 1 saturated heterocycles. The summed E-state index contributed by atoms with van der Waals surface area (Å²) in [6.45, 7) is 3.87. The summed E-state index contributed by atoms with van der Waals surface area (Å²) in [5, 5.41) is 20.5. The molecule has 0 spiro atoms. The molecule has 28 heavy (non-hydrogen) atoms. The molecule has 0 amide bonds.